The molecule has 2 N–H and O–H groups in total. The van der Waals surface area contributed by atoms with Gasteiger partial charge in [0.1, 0.15) is 22.8 Å². The Labute approximate surface area is 183 Å². The number of carbonyl (C=O) groups is 2. The van der Waals surface area contributed by atoms with Crippen molar-refractivity contribution in [1.82, 2.24) is 15.3 Å². The van der Waals surface area contributed by atoms with Crippen LogP contribution < -0.4 is 10.1 Å². The number of nitrogens with one attached hydrogen (secondary N) is 2. The molecule has 32 heavy (non-hydrogen) atoms. The quantitative estimate of drug-likeness (QED) is 0.416. The Bertz CT molecular complexity index is 1270. The van der Waals surface area contributed by atoms with Crippen LogP contribution >= 0.6 is 0 Å². The van der Waals surface area contributed by atoms with Gasteiger partial charge >= 0.3 is 5.97 Å². The molecule has 0 aliphatic rings. The summed E-state index contributed by atoms with van der Waals surface area (Å²) in [4.78, 5) is 31.8. The summed E-state index contributed by atoms with van der Waals surface area (Å²) in [6.07, 6.45) is 1.51. The monoisotopic (exact) mass is 433 g/mol. The van der Waals surface area contributed by atoms with Gasteiger partial charge in [-0.05, 0) is 67.1 Å². The normalized spacial score (nSPS) is 10.7. The van der Waals surface area contributed by atoms with E-state index < -0.39 is 5.97 Å². The number of esters is 1. The van der Waals surface area contributed by atoms with Crippen molar-refractivity contribution in [2.45, 2.75) is 13.5 Å². The second-order valence-electron chi connectivity index (χ2n) is 6.92. The van der Waals surface area contributed by atoms with E-state index >= 15 is 0 Å². The molecule has 0 unspecified atom stereocenters. The predicted molar refractivity (Wildman–Crippen MR) is 116 cm³/mol. The zero-order chi connectivity index (χ0) is 22.5. The summed E-state index contributed by atoms with van der Waals surface area (Å²) in [5, 5.41) is 3.68. The third-order valence-corrected chi connectivity index (χ3v) is 4.68. The van der Waals surface area contributed by atoms with Gasteiger partial charge in [0, 0.05) is 23.6 Å². The highest BCUT2D eigenvalue weighted by Crippen LogP contribution is 2.23. The van der Waals surface area contributed by atoms with Crippen LogP contribution in [0.3, 0.4) is 0 Å². The fraction of sp³-hybridized carbons (Fsp3) is 0.125. The van der Waals surface area contributed by atoms with E-state index in [1.807, 2.05) is 18.2 Å². The number of carbonyl (C=O) groups excluding carboxylic acids is 2. The van der Waals surface area contributed by atoms with E-state index in [4.69, 9.17) is 9.47 Å². The van der Waals surface area contributed by atoms with E-state index in [1.165, 1.54) is 30.5 Å². The SMILES string of the molecule is CCOC(=O)c1cc2cc(CNC(=O)c3cccnc3Oc3ccc(F)cc3)ccc2[nH]1. The summed E-state index contributed by atoms with van der Waals surface area (Å²) in [6.45, 7) is 2.31. The summed E-state index contributed by atoms with van der Waals surface area (Å²) in [5.41, 5.74) is 2.28. The van der Waals surface area contributed by atoms with Crippen LogP contribution in [0.5, 0.6) is 11.6 Å². The Hall–Kier alpha value is -4.20. The molecule has 0 aliphatic heterocycles. The Morgan fingerprint density at radius 3 is 2.69 bits per heavy atom. The number of hydrogen-bond donors (Lipinski definition) is 2. The van der Waals surface area contributed by atoms with Crippen molar-refractivity contribution in [3.8, 4) is 11.6 Å². The van der Waals surface area contributed by atoms with Crippen LogP contribution in [0, 0.1) is 5.82 Å². The Kier molecular flexibility index (Phi) is 6.12. The highest BCUT2D eigenvalue weighted by Gasteiger charge is 2.15. The standard InChI is InChI=1S/C24H20FN3O4/c1-2-31-24(30)21-13-16-12-15(5-10-20(16)28-21)14-27-22(29)19-4-3-11-26-23(19)32-18-8-6-17(25)7-9-18/h3-13,28H,2,14H2,1H3,(H,27,29). The van der Waals surface area contributed by atoms with Gasteiger partial charge in [0.05, 0.1) is 6.61 Å². The largest absolute Gasteiger partial charge is 0.461 e. The van der Waals surface area contributed by atoms with E-state index in [0.29, 0.717) is 18.1 Å². The Morgan fingerprint density at radius 2 is 1.91 bits per heavy atom. The number of fused-ring (bicyclic) bond motifs is 1. The average molecular weight is 433 g/mol. The molecule has 2 aromatic carbocycles. The van der Waals surface area contributed by atoms with Crippen LogP contribution in [0.25, 0.3) is 10.9 Å². The molecule has 0 bridgehead atoms. The first-order valence-electron chi connectivity index (χ1n) is 9.99. The Balaban J connectivity index is 1.46. The smallest absolute Gasteiger partial charge is 0.354 e. The second-order valence-corrected chi connectivity index (χ2v) is 6.92. The number of rotatable bonds is 7. The van der Waals surface area contributed by atoms with Gasteiger partial charge in [0.25, 0.3) is 5.91 Å². The molecule has 8 heteroatoms. The lowest BCUT2D eigenvalue weighted by atomic mass is 10.1. The van der Waals surface area contributed by atoms with E-state index in [9.17, 15) is 14.0 Å². The summed E-state index contributed by atoms with van der Waals surface area (Å²) < 4.78 is 23.8. The summed E-state index contributed by atoms with van der Waals surface area (Å²) in [6, 6.07) is 16.0. The highest BCUT2D eigenvalue weighted by atomic mass is 19.1. The van der Waals surface area contributed by atoms with Gasteiger partial charge in [-0.3, -0.25) is 4.79 Å². The molecule has 1 amide bonds. The number of aromatic amines is 1. The van der Waals surface area contributed by atoms with Crippen molar-refractivity contribution >= 4 is 22.8 Å². The van der Waals surface area contributed by atoms with Crippen molar-refractivity contribution in [1.29, 1.82) is 0 Å². The molecule has 0 spiro atoms. The van der Waals surface area contributed by atoms with Gasteiger partial charge in [-0.15, -0.1) is 0 Å². The van der Waals surface area contributed by atoms with Gasteiger partial charge in [-0.2, -0.15) is 0 Å². The van der Waals surface area contributed by atoms with Gasteiger partial charge in [0.15, 0.2) is 0 Å². The molecule has 4 aromatic rings. The van der Waals surface area contributed by atoms with Gasteiger partial charge < -0.3 is 19.8 Å². The lowest BCUT2D eigenvalue weighted by Crippen LogP contribution is -2.23. The topological polar surface area (TPSA) is 93.3 Å². The average Bonchev–Trinajstić information content (AvgIpc) is 3.23. The number of amides is 1. The second kappa shape index (κ2) is 9.30. The first kappa shape index (κ1) is 21.0. The number of benzene rings is 2. The molecule has 0 atom stereocenters. The van der Waals surface area contributed by atoms with Crippen LogP contribution in [-0.4, -0.2) is 28.5 Å². The summed E-state index contributed by atoms with van der Waals surface area (Å²) in [7, 11) is 0. The van der Waals surface area contributed by atoms with Crippen LogP contribution in [0.4, 0.5) is 4.39 Å². The number of pyridine rings is 1. The number of nitrogens with zero attached hydrogens (tertiary/aromatic N) is 1. The molecule has 0 aliphatic carbocycles. The Morgan fingerprint density at radius 1 is 1.09 bits per heavy atom. The molecule has 162 valence electrons. The van der Waals surface area contributed by atoms with Crippen LogP contribution in [0.1, 0.15) is 33.3 Å². The van der Waals surface area contributed by atoms with Crippen LogP contribution in [0.15, 0.2) is 66.9 Å². The van der Waals surface area contributed by atoms with Crippen molar-refractivity contribution in [2.24, 2.45) is 0 Å². The third-order valence-electron chi connectivity index (χ3n) is 4.68. The molecule has 0 saturated heterocycles. The third kappa shape index (κ3) is 4.75. The van der Waals surface area contributed by atoms with Crippen molar-refractivity contribution in [2.75, 3.05) is 6.61 Å². The van der Waals surface area contributed by atoms with E-state index in [1.54, 1.807) is 25.1 Å². The maximum absolute atomic E-state index is 13.1. The summed E-state index contributed by atoms with van der Waals surface area (Å²) >= 11 is 0. The lowest BCUT2D eigenvalue weighted by molar-refractivity contribution is 0.0520. The van der Waals surface area contributed by atoms with Crippen LogP contribution in [0.2, 0.25) is 0 Å². The van der Waals surface area contributed by atoms with Crippen LogP contribution in [-0.2, 0) is 11.3 Å². The fourth-order valence-electron chi connectivity index (χ4n) is 3.15. The zero-order valence-corrected chi connectivity index (χ0v) is 17.2. The van der Waals surface area contributed by atoms with Gasteiger partial charge in [0.2, 0.25) is 5.88 Å². The highest BCUT2D eigenvalue weighted by molar-refractivity contribution is 5.97. The number of hydrogen-bond acceptors (Lipinski definition) is 5. The summed E-state index contributed by atoms with van der Waals surface area (Å²) in [5.74, 6) is -0.670. The zero-order valence-electron chi connectivity index (χ0n) is 17.2. The molecular formula is C24H20FN3O4. The maximum Gasteiger partial charge on any atom is 0.354 e. The van der Waals surface area contributed by atoms with Gasteiger partial charge in [-0.25, -0.2) is 14.2 Å². The first-order chi connectivity index (χ1) is 15.5. The molecule has 0 radical (unpaired) electrons. The number of halogens is 1. The van der Waals surface area contributed by atoms with E-state index in [2.05, 4.69) is 15.3 Å². The fourth-order valence-corrected chi connectivity index (χ4v) is 3.15. The van der Waals surface area contributed by atoms with Gasteiger partial charge in [-0.1, -0.05) is 6.07 Å². The predicted octanol–water partition coefficient (Wildman–Crippen LogP) is 4.60. The number of aromatic nitrogens is 2. The molecule has 2 aromatic heterocycles. The van der Waals surface area contributed by atoms with Crippen molar-refractivity contribution in [3.63, 3.8) is 0 Å². The van der Waals surface area contributed by atoms with E-state index in [-0.39, 0.29) is 29.7 Å². The number of ether oxygens (including phenoxy) is 2. The molecule has 0 fully saturated rings. The van der Waals surface area contributed by atoms with Crippen molar-refractivity contribution in [3.05, 3.63) is 89.5 Å². The minimum atomic E-state index is -0.413. The molecular weight excluding hydrogens is 413 g/mol. The van der Waals surface area contributed by atoms with Crippen molar-refractivity contribution < 1.29 is 23.5 Å². The van der Waals surface area contributed by atoms with E-state index in [0.717, 1.165) is 16.5 Å². The first-order valence-corrected chi connectivity index (χ1v) is 9.99. The lowest BCUT2D eigenvalue weighted by Gasteiger charge is -2.10. The minimum Gasteiger partial charge on any atom is -0.461 e. The molecule has 7 nitrogen and oxygen atoms in total. The molecule has 2 heterocycles. The molecule has 4 rings (SSSR count). The maximum atomic E-state index is 13.1. The molecule has 0 saturated carbocycles. The minimum absolute atomic E-state index is 0.122. The number of H-pyrrole nitrogens is 1.